The van der Waals surface area contributed by atoms with Gasteiger partial charge in [0.1, 0.15) is 6.04 Å². The SMILES string of the molecule is CC1N=C(c2ccccc2Cl)c2cc(Cl)ccc2N(OCCCl)C1=O. The first-order valence-electron chi connectivity index (χ1n) is 7.68. The van der Waals surface area contributed by atoms with Gasteiger partial charge in [-0.05, 0) is 31.2 Å². The van der Waals surface area contributed by atoms with Crippen molar-refractivity contribution >= 4 is 52.1 Å². The van der Waals surface area contributed by atoms with E-state index in [0.29, 0.717) is 27.0 Å². The summed E-state index contributed by atoms with van der Waals surface area (Å²) >= 11 is 18.3. The molecule has 0 bridgehead atoms. The number of rotatable bonds is 4. The summed E-state index contributed by atoms with van der Waals surface area (Å²) in [6, 6.07) is 11.9. The third-order valence-corrected chi connectivity index (χ3v) is 4.46. The third kappa shape index (κ3) is 3.67. The van der Waals surface area contributed by atoms with Crippen LogP contribution in [0.2, 0.25) is 10.0 Å². The number of hydrogen-bond donors (Lipinski definition) is 0. The second kappa shape index (κ2) is 7.75. The van der Waals surface area contributed by atoms with Crippen LogP contribution in [0.1, 0.15) is 18.1 Å². The Hall–Kier alpha value is -1.59. The van der Waals surface area contributed by atoms with Crippen LogP contribution >= 0.6 is 34.8 Å². The second-order valence-corrected chi connectivity index (χ2v) is 6.67. The second-order valence-electron chi connectivity index (χ2n) is 5.45. The van der Waals surface area contributed by atoms with Gasteiger partial charge in [0.05, 0.1) is 18.0 Å². The molecule has 1 atom stereocenters. The number of nitrogens with zero attached hydrogens (tertiary/aromatic N) is 2. The summed E-state index contributed by atoms with van der Waals surface area (Å²) in [7, 11) is 0. The largest absolute Gasteiger partial charge is 0.275 e. The quantitative estimate of drug-likeness (QED) is 0.700. The molecule has 1 unspecified atom stereocenters. The molecule has 1 aliphatic heterocycles. The number of amides is 1. The maximum atomic E-state index is 12.7. The fourth-order valence-corrected chi connectivity index (χ4v) is 3.08. The fourth-order valence-electron chi connectivity index (χ4n) is 2.61. The van der Waals surface area contributed by atoms with Gasteiger partial charge in [0.15, 0.2) is 0 Å². The number of alkyl halides is 1. The Labute approximate surface area is 160 Å². The van der Waals surface area contributed by atoms with Crippen molar-refractivity contribution in [3.8, 4) is 0 Å². The van der Waals surface area contributed by atoms with Crippen LogP contribution in [0.5, 0.6) is 0 Å². The zero-order valence-corrected chi connectivity index (χ0v) is 15.6. The lowest BCUT2D eigenvalue weighted by Crippen LogP contribution is -2.37. The molecule has 0 aromatic heterocycles. The molecule has 0 N–H and O–H groups in total. The molecule has 0 spiro atoms. The number of anilines is 1. The van der Waals surface area contributed by atoms with E-state index >= 15 is 0 Å². The Kier molecular flexibility index (Phi) is 5.64. The van der Waals surface area contributed by atoms with E-state index in [1.165, 1.54) is 5.06 Å². The van der Waals surface area contributed by atoms with Crippen LogP contribution < -0.4 is 5.06 Å². The average Bonchev–Trinajstić information content (AvgIpc) is 2.70. The molecule has 0 fully saturated rings. The zero-order valence-electron chi connectivity index (χ0n) is 13.4. The van der Waals surface area contributed by atoms with Crippen molar-refractivity contribution in [2.24, 2.45) is 4.99 Å². The van der Waals surface area contributed by atoms with E-state index in [0.717, 1.165) is 5.56 Å². The first-order valence-corrected chi connectivity index (χ1v) is 8.97. The van der Waals surface area contributed by atoms with Crippen molar-refractivity contribution in [3.63, 3.8) is 0 Å². The molecule has 130 valence electrons. The summed E-state index contributed by atoms with van der Waals surface area (Å²) in [5, 5.41) is 2.31. The van der Waals surface area contributed by atoms with E-state index in [4.69, 9.17) is 39.6 Å². The van der Waals surface area contributed by atoms with Crippen LogP contribution in [0, 0.1) is 0 Å². The molecule has 3 rings (SSSR count). The molecule has 7 heteroatoms. The summed E-state index contributed by atoms with van der Waals surface area (Å²) in [6.07, 6.45) is 0. The van der Waals surface area contributed by atoms with Crippen molar-refractivity contribution in [1.82, 2.24) is 0 Å². The molecule has 0 aliphatic carbocycles. The van der Waals surface area contributed by atoms with Gasteiger partial charge in [-0.2, -0.15) is 5.06 Å². The Balaban J connectivity index is 2.22. The van der Waals surface area contributed by atoms with Crippen molar-refractivity contribution in [1.29, 1.82) is 0 Å². The predicted octanol–water partition coefficient (Wildman–Crippen LogP) is 4.74. The molecular weight excluding hydrogens is 383 g/mol. The highest BCUT2D eigenvalue weighted by Crippen LogP contribution is 2.32. The molecule has 2 aromatic carbocycles. The highest BCUT2D eigenvalue weighted by molar-refractivity contribution is 6.37. The van der Waals surface area contributed by atoms with Crippen LogP contribution in [0.3, 0.4) is 0 Å². The molecule has 0 saturated carbocycles. The minimum Gasteiger partial charge on any atom is -0.271 e. The van der Waals surface area contributed by atoms with Gasteiger partial charge in [0.2, 0.25) is 0 Å². The lowest BCUT2D eigenvalue weighted by molar-refractivity contribution is -0.126. The van der Waals surface area contributed by atoms with Crippen molar-refractivity contribution in [2.45, 2.75) is 13.0 Å². The number of benzene rings is 2. The number of fused-ring (bicyclic) bond motifs is 1. The average molecular weight is 398 g/mol. The Morgan fingerprint density at radius 3 is 2.64 bits per heavy atom. The number of halogens is 3. The summed E-state index contributed by atoms with van der Waals surface area (Å²) in [5.41, 5.74) is 2.56. The zero-order chi connectivity index (χ0) is 18.0. The Morgan fingerprint density at radius 1 is 1.16 bits per heavy atom. The van der Waals surface area contributed by atoms with Gasteiger partial charge in [-0.25, -0.2) is 0 Å². The molecule has 2 aromatic rings. The maximum absolute atomic E-state index is 12.7. The fraction of sp³-hybridized carbons (Fsp3) is 0.222. The smallest absolute Gasteiger partial charge is 0.271 e. The first kappa shape index (κ1) is 18.2. The highest BCUT2D eigenvalue weighted by atomic mass is 35.5. The standard InChI is InChI=1S/C18H15Cl3N2O2/c1-11-18(24)23(25-9-8-19)16-7-6-12(20)10-14(16)17(22-11)13-4-2-3-5-15(13)21/h2-7,10-11H,8-9H2,1H3. The third-order valence-electron chi connectivity index (χ3n) is 3.74. The van der Waals surface area contributed by atoms with E-state index < -0.39 is 6.04 Å². The number of carbonyl (C=O) groups excluding carboxylic acids is 1. The molecule has 4 nitrogen and oxygen atoms in total. The van der Waals surface area contributed by atoms with Gasteiger partial charge in [0.25, 0.3) is 5.91 Å². The number of carbonyl (C=O) groups is 1. The van der Waals surface area contributed by atoms with Gasteiger partial charge in [0, 0.05) is 27.1 Å². The number of hydrogen-bond acceptors (Lipinski definition) is 3. The van der Waals surface area contributed by atoms with Gasteiger partial charge >= 0.3 is 0 Å². The molecule has 1 amide bonds. The van der Waals surface area contributed by atoms with E-state index in [-0.39, 0.29) is 18.4 Å². The van der Waals surface area contributed by atoms with Gasteiger partial charge in [-0.3, -0.25) is 14.6 Å². The van der Waals surface area contributed by atoms with Gasteiger partial charge < -0.3 is 0 Å². The summed E-state index contributed by atoms with van der Waals surface area (Å²) in [6.45, 7) is 1.91. The maximum Gasteiger partial charge on any atom is 0.275 e. The van der Waals surface area contributed by atoms with Gasteiger partial charge in [-0.15, -0.1) is 11.6 Å². The minimum absolute atomic E-state index is 0.198. The van der Waals surface area contributed by atoms with Crippen LogP contribution in [0.4, 0.5) is 5.69 Å². The summed E-state index contributed by atoms with van der Waals surface area (Å²) in [5.74, 6) is -0.0185. The number of hydroxylamine groups is 1. The van der Waals surface area contributed by atoms with E-state index in [9.17, 15) is 4.79 Å². The molecule has 0 saturated heterocycles. The van der Waals surface area contributed by atoms with Crippen molar-refractivity contribution < 1.29 is 9.63 Å². The highest BCUT2D eigenvalue weighted by Gasteiger charge is 2.31. The van der Waals surface area contributed by atoms with Crippen LogP contribution in [0.15, 0.2) is 47.5 Å². The molecule has 0 radical (unpaired) electrons. The predicted molar refractivity (Wildman–Crippen MR) is 102 cm³/mol. The van der Waals surface area contributed by atoms with Crippen molar-refractivity contribution in [2.75, 3.05) is 17.6 Å². The first-order chi connectivity index (χ1) is 12.0. The normalized spacial score (nSPS) is 17.1. The lowest BCUT2D eigenvalue weighted by atomic mass is 10.0. The van der Waals surface area contributed by atoms with Crippen molar-refractivity contribution in [3.05, 3.63) is 63.6 Å². The van der Waals surface area contributed by atoms with Crippen LogP contribution in [0.25, 0.3) is 0 Å². The van der Waals surface area contributed by atoms with Crippen LogP contribution in [-0.4, -0.2) is 30.1 Å². The monoisotopic (exact) mass is 396 g/mol. The molecule has 1 aliphatic rings. The topological polar surface area (TPSA) is 41.9 Å². The summed E-state index contributed by atoms with van der Waals surface area (Å²) in [4.78, 5) is 22.9. The summed E-state index contributed by atoms with van der Waals surface area (Å²) < 4.78 is 0. The van der Waals surface area contributed by atoms with E-state index in [1.807, 2.05) is 18.2 Å². The lowest BCUT2D eigenvalue weighted by Gasteiger charge is -2.23. The Morgan fingerprint density at radius 2 is 1.92 bits per heavy atom. The Bertz CT molecular complexity index is 839. The molecule has 1 heterocycles. The molecule has 25 heavy (non-hydrogen) atoms. The number of aliphatic imine (C=N–C) groups is 1. The van der Waals surface area contributed by atoms with E-state index in [2.05, 4.69) is 4.99 Å². The van der Waals surface area contributed by atoms with E-state index in [1.54, 1.807) is 31.2 Å². The minimum atomic E-state index is -0.646. The van der Waals surface area contributed by atoms with Gasteiger partial charge in [-0.1, -0.05) is 41.4 Å². The van der Waals surface area contributed by atoms with Crippen LogP contribution in [-0.2, 0) is 9.63 Å². The molecular formula is C18H15Cl3N2O2. The number of benzodiazepines with no additional fused rings is 1.